The van der Waals surface area contributed by atoms with Gasteiger partial charge in [0.05, 0.1) is 0 Å². The molecule has 23 heavy (non-hydrogen) atoms. The second-order valence-electron chi connectivity index (χ2n) is 4.06. The summed E-state index contributed by atoms with van der Waals surface area (Å²) in [6.45, 7) is 4.49. The smallest absolute Gasteiger partial charge is 0.122 e. The van der Waals surface area contributed by atoms with E-state index in [9.17, 15) is 0 Å². The third kappa shape index (κ3) is 9.34. The average molecular weight is 317 g/mol. The second-order valence-corrected chi connectivity index (χ2v) is 4.06. The number of anilines is 1. The van der Waals surface area contributed by atoms with Gasteiger partial charge in [0.2, 0.25) is 0 Å². The molecule has 5 nitrogen and oxygen atoms in total. The Bertz CT molecular complexity index is 550. The van der Waals surface area contributed by atoms with Crippen LogP contribution in [0.5, 0.6) is 5.75 Å². The Balaban J connectivity index is 0. The van der Waals surface area contributed by atoms with Crippen molar-refractivity contribution in [2.45, 2.75) is 13.5 Å². The molecular formula is C17H24BNO4. The lowest BCUT2D eigenvalue weighted by Crippen LogP contribution is -2.05. The minimum absolute atomic E-state index is 0.510. The minimum Gasteiger partial charge on any atom is -0.489 e. The van der Waals surface area contributed by atoms with Crippen molar-refractivity contribution in [3.05, 3.63) is 53.6 Å². The van der Waals surface area contributed by atoms with Gasteiger partial charge in [-0.05, 0) is 36.2 Å². The molecule has 0 fully saturated rings. The fourth-order valence-electron chi connectivity index (χ4n) is 1.68. The highest BCUT2D eigenvalue weighted by molar-refractivity contribution is 6.32. The van der Waals surface area contributed by atoms with Crippen molar-refractivity contribution in [2.75, 3.05) is 20.0 Å². The first-order valence-corrected chi connectivity index (χ1v) is 6.67. The molecule has 0 aliphatic rings. The molecule has 0 aliphatic carbocycles. The number of aryl methyl sites for hydroxylation is 1. The lowest BCUT2D eigenvalue weighted by atomic mass is 9.95. The molecule has 4 N–H and O–H groups in total. The summed E-state index contributed by atoms with van der Waals surface area (Å²) in [4.78, 5) is 8.00. The predicted molar refractivity (Wildman–Crippen MR) is 95.2 cm³/mol. The van der Waals surface area contributed by atoms with Crippen LogP contribution in [0.3, 0.4) is 0 Å². The zero-order chi connectivity index (χ0) is 18.3. The van der Waals surface area contributed by atoms with Crippen molar-refractivity contribution in [2.24, 2.45) is 0 Å². The highest BCUT2D eigenvalue weighted by atomic mass is 16.5. The summed E-state index contributed by atoms with van der Waals surface area (Å²) in [5.41, 5.74) is 9.27. The quantitative estimate of drug-likeness (QED) is 0.580. The van der Waals surface area contributed by atoms with Crippen LogP contribution in [-0.2, 0) is 11.4 Å². The van der Waals surface area contributed by atoms with Crippen molar-refractivity contribution in [3.8, 4) is 5.75 Å². The molecule has 0 saturated heterocycles. The maximum absolute atomic E-state index is 8.00. The van der Waals surface area contributed by atoms with Crippen LogP contribution in [0, 0.1) is 6.92 Å². The van der Waals surface area contributed by atoms with Crippen LogP contribution in [-0.4, -0.2) is 39.1 Å². The number of nitrogens with two attached hydrogens (primary N) is 1. The first-order chi connectivity index (χ1) is 11.1. The fourth-order valence-corrected chi connectivity index (χ4v) is 1.68. The first-order valence-electron chi connectivity index (χ1n) is 6.67. The molecule has 2 aromatic rings. The van der Waals surface area contributed by atoms with Crippen molar-refractivity contribution in [1.29, 1.82) is 0 Å². The van der Waals surface area contributed by atoms with E-state index in [0.29, 0.717) is 6.61 Å². The Labute approximate surface area is 139 Å². The van der Waals surface area contributed by atoms with E-state index >= 15 is 0 Å². The first kappa shape index (κ1) is 23.0. The Morgan fingerprint density at radius 1 is 1.09 bits per heavy atom. The number of hydrogen-bond donors (Lipinski definition) is 3. The zero-order valence-electron chi connectivity index (χ0n) is 13.8. The summed E-state index contributed by atoms with van der Waals surface area (Å²) in [6.07, 6.45) is 0. The third-order valence-corrected chi connectivity index (χ3v) is 2.54. The van der Waals surface area contributed by atoms with E-state index in [1.807, 2.05) is 56.2 Å². The van der Waals surface area contributed by atoms with Gasteiger partial charge in [0.15, 0.2) is 0 Å². The minimum atomic E-state index is 0.510. The SMILES string of the molecule is C=O.CO.CO.[B]c1cccc(COc2ccc(N)cc2C)c1. The standard InChI is InChI=1S/C14H14BNO.2CH4O.CH2O/c1-10-7-13(16)5-6-14(10)17-9-11-3-2-4-12(15)8-11;3*1-2/h2-8H,9,16H2,1H3;2*2H,1H3;1H2. The molecule has 0 atom stereocenters. The van der Waals surface area contributed by atoms with E-state index in [-0.39, 0.29) is 0 Å². The van der Waals surface area contributed by atoms with Crippen molar-refractivity contribution < 1.29 is 19.7 Å². The van der Waals surface area contributed by atoms with E-state index in [1.165, 1.54) is 0 Å². The molecule has 124 valence electrons. The van der Waals surface area contributed by atoms with Gasteiger partial charge < -0.3 is 25.5 Å². The number of ether oxygens (including phenoxy) is 1. The van der Waals surface area contributed by atoms with Crippen LogP contribution in [0.1, 0.15) is 11.1 Å². The molecule has 2 aromatic carbocycles. The van der Waals surface area contributed by atoms with Crippen molar-refractivity contribution in [3.63, 3.8) is 0 Å². The topological polar surface area (TPSA) is 92.8 Å². The molecular weight excluding hydrogens is 293 g/mol. The summed E-state index contributed by atoms with van der Waals surface area (Å²) in [5, 5.41) is 14.0. The van der Waals surface area contributed by atoms with Gasteiger partial charge in [-0.1, -0.05) is 29.7 Å². The molecule has 2 radical (unpaired) electrons. The van der Waals surface area contributed by atoms with E-state index in [2.05, 4.69) is 0 Å². The zero-order valence-corrected chi connectivity index (χ0v) is 13.8. The molecule has 0 bridgehead atoms. The van der Waals surface area contributed by atoms with Gasteiger partial charge in [0, 0.05) is 19.9 Å². The summed E-state index contributed by atoms with van der Waals surface area (Å²) < 4.78 is 5.72. The number of aliphatic hydroxyl groups is 2. The Morgan fingerprint density at radius 3 is 2.22 bits per heavy atom. The average Bonchev–Trinajstić information content (AvgIpc) is 2.60. The molecule has 0 heterocycles. The number of aliphatic hydroxyl groups excluding tert-OH is 2. The van der Waals surface area contributed by atoms with Crippen LogP contribution < -0.4 is 15.9 Å². The third-order valence-electron chi connectivity index (χ3n) is 2.54. The summed E-state index contributed by atoms with van der Waals surface area (Å²) in [5.74, 6) is 0.849. The van der Waals surface area contributed by atoms with Gasteiger partial charge in [-0.25, -0.2) is 0 Å². The van der Waals surface area contributed by atoms with E-state index in [0.717, 1.165) is 42.2 Å². The Morgan fingerprint density at radius 2 is 1.70 bits per heavy atom. The van der Waals surface area contributed by atoms with Crippen LogP contribution in [0.2, 0.25) is 0 Å². The summed E-state index contributed by atoms with van der Waals surface area (Å²) >= 11 is 0. The lowest BCUT2D eigenvalue weighted by molar-refractivity contribution is -0.0979. The highest BCUT2D eigenvalue weighted by Gasteiger charge is 2.00. The van der Waals surface area contributed by atoms with E-state index < -0.39 is 0 Å². The van der Waals surface area contributed by atoms with E-state index in [4.69, 9.17) is 33.3 Å². The maximum Gasteiger partial charge on any atom is 0.122 e. The number of benzene rings is 2. The van der Waals surface area contributed by atoms with Gasteiger partial charge in [-0.15, -0.1) is 0 Å². The van der Waals surface area contributed by atoms with Crippen LogP contribution in [0.25, 0.3) is 0 Å². The van der Waals surface area contributed by atoms with Crippen LogP contribution in [0.4, 0.5) is 5.69 Å². The van der Waals surface area contributed by atoms with Crippen LogP contribution >= 0.6 is 0 Å². The van der Waals surface area contributed by atoms with Gasteiger partial charge in [0.1, 0.15) is 27.0 Å². The maximum atomic E-state index is 8.00. The van der Waals surface area contributed by atoms with Crippen molar-refractivity contribution in [1.82, 2.24) is 0 Å². The lowest BCUT2D eigenvalue weighted by Gasteiger charge is -2.10. The highest BCUT2D eigenvalue weighted by Crippen LogP contribution is 2.21. The van der Waals surface area contributed by atoms with Gasteiger partial charge in [-0.3, -0.25) is 0 Å². The van der Waals surface area contributed by atoms with Gasteiger partial charge in [-0.2, -0.15) is 0 Å². The largest absolute Gasteiger partial charge is 0.489 e. The van der Waals surface area contributed by atoms with Crippen molar-refractivity contribution >= 4 is 25.8 Å². The molecule has 0 spiro atoms. The Hall–Kier alpha value is -2.31. The van der Waals surface area contributed by atoms with Gasteiger partial charge >= 0.3 is 0 Å². The fraction of sp³-hybridized carbons (Fsp3) is 0.235. The number of nitrogen functional groups attached to an aromatic ring is 1. The Kier molecular flexibility index (Phi) is 14.6. The van der Waals surface area contributed by atoms with Gasteiger partial charge in [0.25, 0.3) is 0 Å². The molecule has 0 aromatic heterocycles. The summed E-state index contributed by atoms with van der Waals surface area (Å²) in [7, 11) is 7.71. The normalized spacial score (nSPS) is 8.22. The monoisotopic (exact) mass is 317 g/mol. The number of carbonyl (C=O) groups is 1. The van der Waals surface area contributed by atoms with E-state index in [1.54, 1.807) is 0 Å². The molecule has 0 unspecified atom stereocenters. The molecule has 0 saturated carbocycles. The predicted octanol–water partition coefficient (Wildman–Crippen LogP) is 0.982. The number of rotatable bonds is 3. The molecule has 0 amide bonds. The number of carbonyl (C=O) groups excluding carboxylic acids is 1. The second kappa shape index (κ2) is 14.6. The van der Waals surface area contributed by atoms with Crippen LogP contribution in [0.15, 0.2) is 42.5 Å². The molecule has 0 aliphatic heterocycles. The summed E-state index contributed by atoms with van der Waals surface area (Å²) in [6, 6.07) is 13.3. The molecule has 6 heteroatoms. The number of hydrogen-bond acceptors (Lipinski definition) is 5. The molecule has 2 rings (SSSR count).